The number of thioether (sulfide) groups is 1. The summed E-state index contributed by atoms with van der Waals surface area (Å²) >= 11 is 3.62. The number of fused-ring (bicyclic) bond motifs is 1. The highest BCUT2D eigenvalue weighted by Gasteiger charge is 2.28. The zero-order valence-electron chi connectivity index (χ0n) is 11.5. The van der Waals surface area contributed by atoms with Crippen molar-refractivity contribution in [2.24, 2.45) is 0 Å². The molecule has 0 fully saturated rings. The van der Waals surface area contributed by atoms with Crippen molar-refractivity contribution in [3.8, 4) is 0 Å². The summed E-state index contributed by atoms with van der Waals surface area (Å²) in [5.41, 5.74) is 1.56. The molecule has 1 aliphatic rings. The quantitative estimate of drug-likeness (QED) is 0.739. The van der Waals surface area contributed by atoms with Gasteiger partial charge in [-0.2, -0.15) is 0 Å². The van der Waals surface area contributed by atoms with E-state index in [9.17, 15) is 9.59 Å². The molecule has 0 radical (unpaired) electrons. The maximum Gasteiger partial charge on any atom is 0.238 e. The molecule has 6 heteroatoms. The van der Waals surface area contributed by atoms with Gasteiger partial charge in [0.05, 0.1) is 10.9 Å². The van der Waals surface area contributed by atoms with E-state index in [4.69, 9.17) is 0 Å². The number of anilines is 2. The van der Waals surface area contributed by atoms with Crippen LogP contribution in [0, 0.1) is 3.57 Å². The van der Waals surface area contributed by atoms with Crippen LogP contribution in [0.1, 0.15) is 6.42 Å². The molecule has 22 heavy (non-hydrogen) atoms. The Balaban J connectivity index is 1.66. The minimum absolute atomic E-state index is 0.124. The van der Waals surface area contributed by atoms with Gasteiger partial charge in [0.25, 0.3) is 0 Å². The monoisotopic (exact) mass is 424 g/mol. The maximum atomic E-state index is 12.1. The van der Waals surface area contributed by atoms with Crippen molar-refractivity contribution in [3.05, 3.63) is 52.1 Å². The number of halogens is 1. The maximum absolute atomic E-state index is 12.1. The second kappa shape index (κ2) is 6.70. The molecule has 0 saturated heterocycles. The van der Waals surface area contributed by atoms with Gasteiger partial charge in [-0.05, 0) is 52.9 Å². The molecule has 1 unspecified atom stereocenters. The van der Waals surface area contributed by atoms with Gasteiger partial charge in [0, 0.05) is 20.6 Å². The van der Waals surface area contributed by atoms with Gasteiger partial charge in [-0.15, -0.1) is 11.8 Å². The first-order chi connectivity index (χ1) is 10.6. The SMILES string of the molecule is O=C(CC1Sc2ccccc2NC1=O)Nc1cccc(I)c1. The summed E-state index contributed by atoms with van der Waals surface area (Å²) in [4.78, 5) is 25.2. The second-order valence-corrected chi connectivity index (χ2v) is 7.34. The molecule has 1 aliphatic heterocycles. The molecule has 0 spiro atoms. The van der Waals surface area contributed by atoms with E-state index in [1.54, 1.807) is 0 Å². The van der Waals surface area contributed by atoms with Crippen LogP contribution in [0.5, 0.6) is 0 Å². The van der Waals surface area contributed by atoms with Crippen LogP contribution in [0.15, 0.2) is 53.4 Å². The van der Waals surface area contributed by atoms with Crippen molar-refractivity contribution < 1.29 is 9.59 Å². The van der Waals surface area contributed by atoms with E-state index in [0.29, 0.717) is 0 Å². The molecule has 1 atom stereocenters. The Morgan fingerprint density at radius 2 is 2.05 bits per heavy atom. The molecule has 0 aromatic heterocycles. The van der Waals surface area contributed by atoms with Gasteiger partial charge in [0.1, 0.15) is 0 Å². The van der Waals surface area contributed by atoms with E-state index >= 15 is 0 Å². The van der Waals surface area contributed by atoms with Crippen molar-refractivity contribution in [3.63, 3.8) is 0 Å². The number of carbonyl (C=O) groups is 2. The second-order valence-electron chi connectivity index (χ2n) is 4.85. The van der Waals surface area contributed by atoms with Crippen LogP contribution in [0.25, 0.3) is 0 Å². The molecular weight excluding hydrogens is 411 g/mol. The number of nitrogens with one attached hydrogen (secondary N) is 2. The summed E-state index contributed by atoms with van der Waals surface area (Å²) in [5, 5.41) is 5.28. The predicted molar refractivity (Wildman–Crippen MR) is 97.1 cm³/mol. The van der Waals surface area contributed by atoms with Crippen molar-refractivity contribution in [1.29, 1.82) is 0 Å². The summed E-state index contributed by atoms with van der Waals surface area (Å²) in [6.07, 6.45) is 0.149. The minimum Gasteiger partial charge on any atom is -0.326 e. The number of rotatable bonds is 3. The third kappa shape index (κ3) is 3.61. The summed E-state index contributed by atoms with van der Waals surface area (Å²) in [7, 11) is 0. The molecule has 2 amide bonds. The lowest BCUT2D eigenvalue weighted by atomic mass is 10.2. The van der Waals surface area contributed by atoms with Crippen LogP contribution in [0.3, 0.4) is 0 Å². The Morgan fingerprint density at radius 3 is 2.86 bits per heavy atom. The molecule has 0 saturated carbocycles. The lowest BCUT2D eigenvalue weighted by Gasteiger charge is -2.23. The van der Waals surface area contributed by atoms with Crippen molar-refractivity contribution in [2.45, 2.75) is 16.6 Å². The van der Waals surface area contributed by atoms with Crippen molar-refractivity contribution >= 4 is 57.5 Å². The van der Waals surface area contributed by atoms with Crippen LogP contribution in [-0.4, -0.2) is 17.1 Å². The van der Waals surface area contributed by atoms with Gasteiger partial charge < -0.3 is 10.6 Å². The normalized spacial score (nSPS) is 16.6. The van der Waals surface area contributed by atoms with Gasteiger partial charge in [-0.25, -0.2) is 0 Å². The fourth-order valence-corrected chi connectivity index (χ4v) is 3.83. The van der Waals surface area contributed by atoms with Crippen LogP contribution in [0.4, 0.5) is 11.4 Å². The molecule has 1 heterocycles. The number of para-hydroxylation sites is 1. The Morgan fingerprint density at radius 1 is 1.23 bits per heavy atom. The predicted octanol–water partition coefficient (Wildman–Crippen LogP) is 3.73. The molecule has 112 valence electrons. The Hall–Kier alpha value is -1.54. The average molecular weight is 424 g/mol. The van der Waals surface area contributed by atoms with Crippen LogP contribution in [0.2, 0.25) is 0 Å². The number of hydrogen-bond acceptors (Lipinski definition) is 3. The van der Waals surface area contributed by atoms with Gasteiger partial charge in [0.2, 0.25) is 11.8 Å². The van der Waals surface area contributed by atoms with E-state index in [0.717, 1.165) is 19.8 Å². The third-order valence-electron chi connectivity index (χ3n) is 3.19. The Labute approximate surface area is 146 Å². The van der Waals surface area contributed by atoms with Gasteiger partial charge in [0.15, 0.2) is 0 Å². The Bertz CT molecular complexity index is 736. The largest absolute Gasteiger partial charge is 0.326 e. The smallest absolute Gasteiger partial charge is 0.238 e. The zero-order valence-corrected chi connectivity index (χ0v) is 14.5. The molecule has 0 bridgehead atoms. The molecule has 4 nitrogen and oxygen atoms in total. The van der Waals surface area contributed by atoms with Crippen LogP contribution < -0.4 is 10.6 Å². The van der Waals surface area contributed by atoms with E-state index < -0.39 is 5.25 Å². The molecular formula is C16H13IN2O2S. The highest BCUT2D eigenvalue weighted by Crippen LogP contribution is 2.36. The van der Waals surface area contributed by atoms with Crippen LogP contribution in [-0.2, 0) is 9.59 Å². The molecule has 0 aliphatic carbocycles. The standard InChI is InChI=1S/C16H13IN2O2S/c17-10-4-3-5-11(8-10)18-15(20)9-14-16(21)19-12-6-1-2-7-13(12)22-14/h1-8,14H,9H2,(H,18,20)(H,19,21). The van der Waals surface area contributed by atoms with E-state index in [-0.39, 0.29) is 18.2 Å². The topological polar surface area (TPSA) is 58.2 Å². The number of carbonyl (C=O) groups excluding carboxylic acids is 2. The molecule has 2 N–H and O–H groups in total. The van der Waals surface area contributed by atoms with Crippen LogP contribution >= 0.6 is 34.4 Å². The average Bonchev–Trinajstić information content (AvgIpc) is 2.48. The number of hydrogen-bond donors (Lipinski definition) is 2. The summed E-state index contributed by atoms with van der Waals surface area (Å²) in [6, 6.07) is 15.2. The number of benzene rings is 2. The molecule has 3 rings (SSSR count). The van der Waals surface area contributed by atoms with E-state index in [1.165, 1.54) is 11.8 Å². The van der Waals surface area contributed by atoms with Gasteiger partial charge in [-0.3, -0.25) is 9.59 Å². The fourth-order valence-electron chi connectivity index (χ4n) is 2.17. The first-order valence-corrected chi connectivity index (χ1v) is 8.69. The lowest BCUT2D eigenvalue weighted by molar-refractivity contribution is -0.120. The highest BCUT2D eigenvalue weighted by atomic mass is 127. The van der Waals surface area contributed by atoms with E-state index in [1.807, 2.05) is 48.5 Å². The first kappa shape index (κ1) is 15.4. The van der Waals surface area contributed by atoms with Crippen molar-refractivity contribution in [1.82, 2.24) is 0 Å². The fraction of sp³-hybridized carbons (Fsp3) is 0.125. The minimum atomic E-state index is -0.405. The van der Waals surface area contributed by atoms with E-state index in [2.05, 4.69) is 33.2 Å². The number of amides is 2. The molecule has 2 aromatic carbocycles. The third-order valence-corrected chi connectivity index (χ3v) is 5.13. The van der Waals surface area contributed by atoms with Crippen molar-refractivity contribution in [2.75, 3.05) is 10.6 Å². The Kier molecular flexibility index (Phi) is 4.68. The molecule has 2 aromatic rings. The first-order valence-electron chi connectivity index (χ1n) is 6.74. The highest BCUT2D eigenvalue weighted by molar-refractivity contribution is 14.1. The lowest BCUT2D eigenvalue weighted by Crippen LogP contribution is -2.32. The van der Waals surface area contributed by atoms with Gasteiger partial charge in [-0.1, -0.05) is 18.2 Å². The zero-order chi connectivity index (χ0) is 15.5. The summed E-state index contributed by atoms with van der Waals surface area (Å²) < 4.78 is 1.05. The summed E-state index contributed by atoms with van der Waals surface area (Å²) in [5.74, 6) is -0.282. The summed E-state index contributed by atoms with van der Waals surface area (Å²) in [6.45, 7) is 0. The van der Waals surface area contributed by atoms with Gasteiger partial charge >= 0.3 is 0 Å².